The minimum absolute atomic E-state index is 0.680. The third-order valence-corrected chi connectivity index (χ3v) is 4.62. The average molecular weight is 315 g/mol. The normalized spacial score (nSPS) is 18.0. The highest BCUT2D eigenvalue weighted by Gasteiger charge is 2.27. The maximum Gasteiger partial charge on any atom is 0.138 e. The fourth-order valence-corrected chi connectivity index (χ4v) is 3.11. The summed E-state index contributed by atoms with van der Waals surface area (Å²) in [6.45, 7) is 0.701. The Hall–Kier alpha value is -2.88. The molecule has 0 amide bonds. The van der Waals surface area contributed by atoms with Gasteiger partial charge >= 0.3 is 0 Å². The molecule has 1 fully saturated rings. The van der Waals surface area contributed by atoms with Crippen molar-refractivity contribution in [3.05, 3.63) is 65.9 Å². The number of nitrogens with zero attached hydrogens (tertiary/aromatic N) is 2. The topological polar surface area (TPSA) is 49.7 Å². The van der Waals surface area contributed by atoms with Crippen LogP contribution in [0.2, 0.25) is 0 Å². The van der Waals surface area contributed by atoms with E-state index in [9.17, 15) is 0 Å². The van der Waals surface area contributed by atoms with Gasteiger partial charge in [-0.05, 0) is 30.9 Å². The lowest BCUT2D eigenvalue weighted by molar-refractivity contribution is 0.134. The number of hydrogen-bond donors (Lipinski definition) is 1. The van der Waals surface area contributed by atoms with E-state index in [1.807, 2.05) is 36.5 Å². The van der Waals surface area contributed by atoms with E-state index in [0.29, 0.717) is 12.5 Å². The van der Waals surface area contributed by atoms with Crippen LogP contribution in [-0.4, -0.2) is 23.0 Å². The Kier molecular flexibility index (Phi) is 3.01. The van der Waals surface area contributed by atoms with Crippen molar-refractivity contribution in [3.8, 4) is 0 Å². The molecule has 118 valence electrons. The van der Waals surface area contributed by atoms with E-state index in [1.165, 1.54) is 12.8 Å². The number of aromatic amines is 1. The van der Waals surface area contributed by atoms with Crippen molar-refractivity contribution >= 4 is 28.0 Å². The Balaban J connectivity index is 1.60. The number of hydrogen-bond acceptors (Lipinski definition) is 3. The summed E-state index contributed by atoms with van der Waals surface area (Å²) in [6.07, 6.45) is 4.52. The van der Waals surface area contributed by atoms with E-state index in [4.69, 9.17) is 9.83 Å². The molecule has 0 spiro atoms. The van der Waals surface area contributed by atoms with Crippen LogP contribution in [0, 0.1) is 5.92 Å². The Labute approximate surface area is 139 Å². The summed E-state index contributed by atoms with van der Waals surface area (Å²) in [5.41, 5.74) is 5.86. The lowest BCUT2D eigenvalue weighted by Gasteiger charge is -2.04. The second-order valence-corrected chi connectivity index (χ2v) is 6.40. The van der Waals surface area contributed by atoms with Gasteiger partial charge in [-0.2, -0.15) is 0 Å². The molecule has 1 saturated carbocycles. The lowest BCUT2D eigenvalue weighted by Crippen LogP contribution is -2.13. The van der Waals surface area contributed by atoms with Crippen LogP contribution in [0.4, 0.5) is 5.69 Å². The zero-order valence-corrected chi connectivity index (χ0v) is 13.2. The zero-order valence-electron chi connectivity index (χ0n) is 13.2. The standard InChI is InChI=1S/C20H17N3O/c1-3-7-17-14(5-1)16(11-21-17)19-20(23-24-12-13-9-10-13)15-6-2-4-8-18(15)22-19/h1-8,11,13,21H,9-10,12H2/b23-20+. The zero-order chi connectivity index (χ0) is 15.9. The van der Waals surface area contributed by atoms with Gasteiger partial charge in [0.25, 0.3) is 0 Å². The molecule has 0 bridgehead atoms. The molecule has 0 radical (unpaired) electrons. The van der Waals surface area contributed by atoms with Crippen LogP contribution in [0.3, 0.4) is 0 Å². The molecule has 4 nitrogen and oxygen atoms in total. The van der Waals surface area contributed by atoms with Crippen LogP contribution in [-0.2, 0) is 4.84 Å². The van der Waals surface area contributed by atoms with Gasteiger partial charge in [0.1, 0.15) is 18.0 Å². The molecule has 2 heterocycles. The molecular weight excluding hydrogens is 298 g/mol. The molecule has 24 heavy (non-hydrogen) atoms. The summed E-state index contributed by atoms with van der Waals surface area (Å²) < 4.78 is 0. The molecule has 0 unspecified atom stereocenters. The van der Waals surface area contributed by atoms with Gasteiger partial charge in [0, 0.05) is 28.2 Å². The van der Waals surface area contributed by atoms with Crippen LogP contribution < -0.4 is 0 Å². The van der Waals surface area contributed by atoms with E-state index in [0.717, 1.165) is 39.1 Å². The first kappa shape index (κ1) is 13.5. The highest BCUT2D eigenvalue weighted by atomic mass is 16.6. The number of nitrogens with one attached hydrogen (secondary N) is 1. The number of para-hydroxylation sites is 2. The average Bonchev–Trinajstić information content (AvgIpc) is 3.23. The number of oxime groups is 1. The van der Waals surface area contributed by atoms with Crippen molar-refractivity contribution in [2.45, 2.75) is 12.8 Å². The molecule has 0 saturated heterocycles. The summed E-state index contributed by atoms with van der Waals surface area (Å²) >= 11 is 0. The van der Waals surface area contributed by atoms with E-state index < -0.39 is 0 Å². The predicted molar refractivity (Wildman–Crippen MR) is 96.2 cm³/mol. The van der Waals surface area contributed by atoms with Crippen molar-refractivity contribution < 1.29 is 4.84 Å². The largest absolute Gasteiger partial charge is 0.395 e. The van der Waals surface area contributed by atoms with Crippen molar-refractivity contribution in [1.82, 2.24) is 4.98 Å². The minimum Gasteiger partial charge on any atom is -0.395 e. The van der Waals surface area contributed by atoms with Crippen molar-refractivity contribution in [2.75, 3.05) is 6.61 Å². The Morgan fingerprint density at radius 1 is 1.04 bits per heavy atom. The highest BCUT2D eigenvalue weighted by Crippen LogP contribution is 2.32. The van der Waals surface area contributed by atoms with Crippen molar-refractivity contribution in [3.63, 3.8) is 0 Å². The van der Waals surface area contributed by atoms with E-state index in [1.54, 1.807) is 0 Å². The second-order valence-electron chi connectivity index (χ2n) is 6.40. The first-order chi connectivity index (χ1) is 11.9. The first-order valence-electron chi connectivity index (χ1n) is 8.35. The minimum atomic E-state index is 0.680. The first-order valence-corrected chi connectivity index (χ1v) is 8.35. The fourth-order valence-electron chi connectivity index (χ4n) is 3.11. The number of fused-ring (bicyclic) bond motifs is 2. The molecule has 1 N–H and O–H groups in total. The van der Waals surface area contributed by atoms with E-state index in [-0.39, 0.29) is 0 Å². The molecule has 1 aromatic heterocycles. The van der Waals surface area contributed by atoms with Gasteiger partial charge in [-0.1, -0.05) is 41.6 Å². The van der Waals surface area contributed by atoms with E-state index >= 15 is 0 Å². The Bertz CT molecular complexity index is 979. The van der Waals surface area contributed by atoms with Crippen LogP contribution >= 0.6 is 0 Å². The molecule has 3 aromatic rings. The third-order valence-electron chi connectivity index (χ3n) is 4.62. The number of benzene rings is 2. The maximum atomic E-state index is 5.64. The molecule has 5 rings (SSSR count). The Morgan fingerprint density at radius 3 is 2.79 bits per heavy atom. The van der Waals surface area contributed by atoms with E-state index in [2.05, 4.69) is 28.3 Å². The number of rotatable bonds is 4. The third kappa shape index (κ3) is 2.22. The van der Waals surface area contributed by atoms with Gasteiger partial charge in [-0.3, -0.25) is 0 Å². The number of aliphatic imine (C=N–C) groups is 1. The summed E-state index contributed by atoms with van der Waals surface area (Å²) in [6, 6.07) is 16.3. The lowest BCUT2D eigenvalue weighted by atomic mass is 10.0. The van der Waals surface area contributed by atoms with Gasteiger partial charge in [0.05, 0.1) is 5.69 Å². The summed E-state index contributed by atoms with van der Waals surface area (Å²) in [4.78, 5) is 13.8. The molecule has 1 aliphatic heterocycles. The molecule has 4 heteroatoms. The summed E-state index contributed by atoms with van der Waals surface area (Å²) in [5, 5.41) is 5.61. The number of aromatic nitrogens is 1. The summed E-state index contributed by atoms with van der Waals surface area (Å²) in [7, 11) is 0. The monoisotopic (exact) mass is 315 g/mol. The van der Waals surface area contributed by atoms with Crippen LogP contribution in [0.5, 0.6) is 0 Å². The van der Waals surface area contributed by atoms with Crippen LogP contribution in [0.1, 0.15) is 24.0 Å². The van der Waals surface area contributed by atoms with Gasteiger partial charge in [0.2, 0.25) is 0 Å². The fraction of sp³-hybridized carbons (Fsp3) is 0.200. The van der Waals surface area contributed by atoms with Gasteiger partial charge in [-0.25, -0.2) is 4.99 Å². The molecule has 2 aromatic carbocycles. The smallest absolute Gasteiger partial charge is 0.138 e. The van der Waals surface area contributed by atoms with Crippen molar-refractivity contribution in [2.24, 2.45) is 16.1 Å². The van der Waals surface area contributed by atoms with Gasteiger partial charge in [-0.15, -0.1) is 0 Å². The Morgan fingerprint density at radius 2 is 1.88 bits per heavy atom. The SMILES string of the molecule is c1ccc2c(c1)N=C(c1c[nH]c3ccccc13)/C2=N/OCC1CC1. The molecule has 2 aliphatic rings. The molecule has 1 aliphatic carbocycles. The molecular formula is C20H17N3O. The van der Waals surface area contributed by atoms with Gasteiger partial charge < -0.3 is 9.82 Å². The van der Waals surface area contributed by atoms with Crippen LogP contribution in [0.15, 0.2) is 64.9 Å². The van der Waals surface area contributed by atoms with Gasteiger partial charge in [0.15, 0.2) is 0 Å². The highest BCUT2D eigenvalue weighted by molar-refractivity contribution is 6.58. The van der Waals surface area contributed by atoms with Crippen LogP contribution in [0.25, 0.3) is 10.9 Å². The second kappa shape index (κ2) is 5.34. The quantitative estimate of drug-likeness (QED) is 0.711. The van der Waals surface area contributed by atoms with Crippen molar-refractivity contribution in [1.29, 1.82) is 0 Å². The number of H-pyrrole nitrogens is 1. The predicted octanol–water partition coefficient (Wildman–Crippen LogP) is 4.43. The summed E-state index contributed by atoms with van der Waals surface area (Å²) in [5.74, 6) is 0.680. The maximum absolute atomic E-state index is 5.64. The molecule has 0 atom stereocenters.